The quantitative estimate of drug-likeness (QED) is 0.572. The number of benzene rings is 2. The van der Waals surface area contributed by atoms with E-state index in [1.165, 1.54) is 0 Å². The van der Waals surface area contributed by atoms with Gasteiger partial charge in [0.25, 0.3) is 0 Å². The lowest BCUT2D eigenvalue weighted by atomic mass is 10.2. The summed E-state index contributed by atoms with van der Waals surface area (Å²) in [6.07, 6.45) is -4.41. The van der Waals surface area contributed by atoms with E-state index >= 15 is 0 Å². The Hall–Kier alpha value is -2.74. The fraction of sp³-hybridized carbons (Fsp3) is 0.118. The van der Waals surface area contributed by atoms with Crippen LogP contribution in [0, 0.1) is 0 Å². The zero-order valence-corrected chi connectivity index (χ0v) is 13.9. The Bertz CT molecular complexity index is 921. The van der Waals surface area contributed by atoms with E-state index in [9.17, 15) is 13.2 Å². The molecule has 0 saturated carbocycles. The fourth-order valence-electron chi connectivity index (χ4n) is 2.40. The van der Waals surface area contributed by atoms with E-state index in [4.69, 9.17) is 17.0 Å². The zero-order valence-electron chi connectivity index (χ0n) is 13.1. The Kier molecular flexibility index (Phi) is 4.54. The van der Waals surface area contributed by atoms with Gasteiger partial charge in [0.15, 0.2) is 5.11 Å². The predicted molar refractivity (Wildman–Crippen MR) is 96.1 cm³/mol. The average molecular weight is 365 g/mol. The maximum absolute atomic E-state index is 12.8. The fourth-order valence-corrected chi connectivity index (χ4v) is 2.62. The van der Waals surface area contributed by atoms with Crippen LogP contribution in [0.2, 0.25) is 0 Å². The second kappa shape index (κ2) is 6.64. The van der Waals surface area contributed by atoms with Gasteiger partial charge in [0.2, 0.25) is 0 Å². The molecule has 0 saturated heterocycles. The van der Waals surface area contributed by atoms with Crippen molar-refractivity contribution in [1.82, 2.24) is 4.98 Å². The second-order valence-corrected chi connectivity index (χ2v) is 5.67. The molecule has 3 rings (SSSR count). The topological polar surface area (TPSA) is 49.1 Å². The molecule has 0 aliphatic heterocycles. The molecular weight excluding hydrogens is 351 g/mol. The third kappa shape index (κ3) is 3.85. The third-order valence-corrected chi connectivity index (χ3v) is 3.74. The number of fused-ring (bicyclic) bond motifs is 1. The lowest BCUT2D eigenvalue weighted by Gasteiger charge is -2.13. The predicted octanol–water partition coefficient (Wildman–Crippen LogP) is 5.00. The molecule has 0 amide bonds. The highest BCUT2D eigenvalue weighted by Gasteiger charge is 2.32. The van der Waals surface area contributed by atoms with Gasteiger partial charge in [0, 0.05) is 16.6 Å². The van der Waals surface area contributed by atoms with Crippen LogP contribution in [0.25, 0.3) is 10.9 Å². The van der Waals surface area contributed by atoms with E-state index in [1.54, 1.807) is 37.4 Å². The summed E-state index contributed by atoms with van der Waals surface area (Å²) in [5, 5.41) is 6.69. The molecule has 0 fully saturated rings. The van der Waals surface area contributed by atoms with Crippen LogP contribution in [-0.4, -0.2) is 17.2 Å². The van der Waals surface area contributed by atoms with Crippen molar-refractivity contribution in [3.8, 4) is 5.75 Å². The van der Waals surface area contributed by atoms with Crippen LogP contribution in [0.15, 0.2) is 48.5 Å². The SMILES string of the molecule is COc1ccccc1NC(=S)Nc1ccc2[nH]c(C(F)(F)F)cc2c1. The maximum Gasteiger partial charge on any atom is 0.431 e. The highest BCUT2D eigenvalue weighted by atomic mass is 32.1. The van der Waals surface area contributed by atoms with E-state index in [2.05, 4.69) is 15.6 Å². The van der Waals surface area contributed by atoms with Crippen LogP contribution in [-0.2, 0) is 6.18 Å². The van der Waals surface area contributed by atoms with Crippen LogP contribution in [0.5, 0.6) is 5.75 Å². The molecule has 3 N–H and O–H groups in total. The van der Waals surface area contributed by atoms with Gasteiger partial charge >= 0.3 is 6.18 Å². The molecule has 0 spiro atoms. The molecule has 0 aliphatic rings. The van der Waals surface area contributed by atoms with Crippen molar-refractivity contribution in [2.45, 2.75) is 6.18 Å². The molecule has 25 heavy (non-hydrogen) atoms. The number of anilines is 2. The average Bonchev–Trinajstić information content (AvgIpc) is 2.99. The van der Waals surface area contributed by atoms with Crippen LogP contribution < -0.4 is 15.4 Å². The molecule has 8 heteroatoms. The number of rotatable bonds is 3. The van der Waals surface area contributed by atoms with Crippen molar-refractivity contribution in [3.05, 3.63) is 54.2 Å². The van der Waals surface area contributed by atoms with Gasteiger partial charge < -0.3 is 20.4 Å². The van der Waals surface area contributed by atoms with Gasteiger partial charge in [-0.3, -0.25) is 0 Å². The number of hydrogen-bond donors (Lipinski definition) is 3. The summed E-state index contributed by atoms with van der Waals surface area (Å²) in [5.74, 6) is 0.627. The molecule has 0 atom stereocenters. The van der Waals surface area contributed by atoms with Crippen LogP contribution in [0.4, 0.5) is 24.5 Å². The Balaban J connectivity index is 1.77. The van der Waals surface area contributed by atoms with Gasteiger partial charge in [-0.2, -0.15) is 13.2 Å². The standard InChI is InChI=1S/C17H14F3N3OS/c1-24-14-5-3-2-4-13(14)23-16(25)21-11-6-7-12-10(8-11)9-15(22-12)17(18,19)20/h2-9,22H,1H3,(H2,21,23,25). The van der Waals surface area contributed by atoms with Crippen LogP contribution >= 0.6 is 12.2 Å². The number of halogens is 3. The van der Waals surface area contributed by atoms with E-state index in [-0.39, 0.29) is 0 Å². The van der Waals surface area contributed by atoms with Gasteiger partial charge in [0.1, 0.15) is 11.4 Å². The number of methoxy groups -OCH3 is 1. The normalized spacial score (nSPS) is 11.4. The minimum atomic E-state index is -4.41. The molecule has 2 aromatic carbocycles. The molecular formula is C17H14F3N3OS. The van der Waals surface area contributed by atoms with Gasteiger partial charge in [-0.25, -0.2) is 0 Å². The Morgan fingerprint density at radius 3 is 2.56 bits per heavy atom. The summed E-state index contributed by atoms with van der Waals surface area (Å²) < 4.78 is 43.5. The molecule has 4 nitrogen and oxygen atoms in total. The number of hydrogen-bond acceptors (Lipinski definition) is 2. The largest absolute Gasteiger partial charge is 0.495 e. The lowest BCUT2D eigenvalue weighted by Crippen LogP contribution is -2.19. The summed E-state index contributed by atoms with van der Waals surface area (Å²) in [6.45, 7) is 0. The molecule has 130 valence electrons. The number of nitrogens with one attached hydrogen (secondary N) is 3. The first-order chi connectivity index (χ1) is 11.9. The third-order valence-electron chi connectivity index (χ3n) is 3.54. The minimum absolute atomic E-state index is 0.301. The van der Waals surface area contributed by atoms with Crippen molar-refractivity contribution in [3.63, 3.8) is 0 Å². The highest BCUT2D eigenvalue weighted by molar-refractivity contribution is 7.80. The Morgan fingerprint density at radius 1 is 1.08 bits per heavy atom. The maximum atomic E-state index is 12.8. The van der Waals surface area contributed by atoms with Gasteiger partial charge in [-0.15, -0.1) is 0 Å². The van der Waals surface area contributed by atoms with Gasteiger partial charge in [-0.05, 0) is 48.6 Å². The summed E-state index contributed by atoms with van der Waals surface area (Å²) in [5.41, 5.74) is 0.882. The molecule has 1 aromatic heterocycles. The van der Waals surface area contributed by atoms with E-state index < -0.39 is 11.9 Å². The number of ether oxygens (including phenoxy) is 1. The minimum Gasteiger partial charge on any atom is -0.495 e. The molecule has 0 bridgehead atoms. The van der Waals surface area contributed by atoms with E-state index in [0.717, 1.165) is 6.07 Å². The van der Waals surface area contributed by atoms with Gasteiger partial charge in [-0.1, -0.05) is 12.1 Å². The number of H-pyrrole nitrogens is 1. The molecule has 1 heterocycles. The van der Waals surface area contributed by atoms with Crippen molar-refractivity contribution in [2.75, 3.05) is 17.7 Å². The smallest absolute Gasteiger partial charge is 0.431 e. The van der Waals surface area contributed by atoms with Crippen LogP contribution in [0.1, 0.15) is 5.69 Å². The Labute approximate surface area is 147 Å². The molecule has 0 aliphatic carbocycles. The summed E-state index contributed by atoms with van der Waals surface area (Å²) in [7, 11) is 1.55. The number of aromatic nitrogens is 1. The van der Waals surface area contributed by atoms with E-state index in [0.29, 0.717) is 33.1 Å². The number of alkyl halides is 3. The monoisotopic (exact) mass is 365 g/mol. The lowest BCUT2D eigenvalue weighted by molar-refractivity contribution is -0.140. The summed E-state index contributed by atoms with van der Waals surface area (Å²) >= 11 is 5.25. The molecule has 3 aromatic rings. The first-order valence-corrected chi connectivity index (χ1v) is 7.68. The molecule has 0 radical (unpaired) electrons. The van der Waals surface area contributed by atoms with Crippen molar-refractivity contribution in [1.29, 1.82) is 0 Å². The molecule has 0 unspecified atom stereocenters. The van der Waals surface area contributed by atoms with Crippen LogP contribution in [0.3, 0.4) is 0 Å². The number of aromatic amines is 1. The first kappa shape index (κ1) is 17.1. The van der Waals surface area contributed by atoms with Crippen molar-refractivity contribution >= 4 is 39.6 Å². The summed E-state index contributed by atoms with van der Waals surface area (Å²) in [4.78, 5) is 2.35. The van der Waals surface area contributed by atoms with Crippen molar-refractivity contribution < 1.29 is 17.9 Å². The number of para-hydroxylation sites is 2. The van der Waals surface area contributed by atoms with Crippen molar-refractivity contribution in [2.24, 2.45) is 0 Å². The Morgan fingerprint density at radius 2 is 1.84 bits per heavy atom. The first-order valence-electron chi connectivity index (χ1n) is 7.28. The second-order valence-electron chi connectivity index (χ2n) is 5.26. The highest BCUT2D eigenvalue weighted by Crippen LogP contribution is 2.32. The van der Waals surface area contributed by atoms with E-state index in [1.807, 2.05) is 12.1 Å². The summed E-state index contributed by atoms with van der Waals surface area (Å²) in [6, 6.07) is 13.1. The number of thiocarbonyl (C=S) groups is 1. The van der Waals surface area contributed by atoms with Gasteiger partial charge in [0.05, 0.1) is 12.8 Å². The zero-order chi connectivity index (χ0) is 18.0.